The van der Waals surface area contributed by atoms with Crippen molar-refractivity contribution in [3.05, 3.63) is 92.8 Å². The van der Waals surface area contributed by atoms with Crippen molar-refractivity contribution >= 4 is 45.9 Å². The van der Waals surface area contributed by atoms with Crippen LogP contribution in [0.2, 0.25) is 10.0 Å². The van der Waals surface area contributed by atoms with Crippen LogP contribution in [0.25, 0.3) is 22.4 Å². The second-order valence-corrected chi connectivity index (χ2v) is 8.60. The zero-order chi connectivity index (χ0) is 22.1. The van der Waals surface area contributed by atoms with Crippen LogP contribution in [0.4, 0.5) is 0 Å². The lowest BCUT2D eigenvalue weighted by molar-refractivity contribution is 0.425. The topological polar surface area (TPSA) is 87.0 Å². The second kappa shape index (κ2) is 8.82. The largest absolute Gasteiger partial charge is 0.467 e. The van der Waals surface area contributed by atoms with Gasteiger partial charge < -0.3 is 8.94 Å². The fourth-order valence-electron chi connectivity index (χ4n) is 3.17. The second-order valence-electron chi connectivity index (χ2n) is 6.81. The van der Waals surface area contributed by atoms with E-state index in [0.29, 0.717) is 54.9 Å². The Morgan fingerprint density at radius 3 is 2.72 bits per heavy atom. The molecule has 0 spiro atoms. The molecule has 0 bridgehead atoms. The van der Waals surface area contributed by atoms with Gasteiger partial charge in [0.2, 0.25) is 0 Å². The van der Waals surface area contributed by atoms with Crippen molar-refractivity contribution in [3.63, 3.8) is 0 Å². The van der Waals surface area contributed by atoms with Gasteiger partial charge >= 0.3 is 0 Å². The van der Waals surface area contributed by atoms with Gasteiger partial charge in [-0.2, -0.15) is 4.98 Å². The van der Waals surface area contributed by atoms with Crippen LogP contribution in [0.3, 0.4) is 0 Å². The molecule has 0 fully saturated rings. The lowest BCUT2D eigenvalue weighted by Gasteiger charge is -2.11. The van der Waals surface area contributed by atoms with Gasteiger partial charge in [-0.05, 0) is 42.5 Å². The predicted molar refractivity (Wildman–Crippen MR) is 123 cm³/mol. The van der Waals surface area contributed by atoms with Crippen LogP contribution < -0.4 is 5.56 Å². The smallest absolute Gasteiger partial charge is 0.262 e. The van der Waals surface area contributed by atoms with E-state index < -0.39 is 0 Å². The summed E-state index contributed by atoms with van der Waals surface area (Å²) in [6.45, 7) is 0.247. The summed E-state index contributed by atoms with van der Waals surface area (Å²) in [7, 11) is 0. The van der Waals surface area contributed by atoms with Crippen LogP contribution in [-0.2, 0) is 12.3 Å². The fourth-order valence-corrected chi connectivity index (χ4v) is 4.39. The van der Waals surface area contributed by atoms with Gasteiger partial charge in [0.25, 0.3) is 11.4 Å². The van der Waals surface area contributed by atoms with Gasteiger partial charge in [0.15, 0.2) is 11.0 Å². The van der Waals surface area contributed by atoms with Gasteiger partial charge in [-0.3, -0.25) is 9.36 Å². The molecule has 0 unspecified atom stereocenters. The van der Waals surface area contributed by atoms with Crippen LogP contribution in [0, 0.1) is 0 Å². The molecular formula is C22H14Cl2N4O3S. The highest BCUT2D eigenvalue weighted by molar-refractivity contribution is 7.98. The summed E-state index contributed by atoms with van der Waals surface area (Å²) in [6.07, 6.45) is 1.57. The molecule has 10 heteroatoms. The number of furan rings is 1. The van der Waals surface area contributed by atoms with E-state index in [2.05, 4.69) is 15.1 Å². The molecule has 0 radical (unpaired) electrons. The number of nitrogens with zero attached hydrogens (tertiary/aromatic N) is 4. The SMILES string of the molecule is O=c1c2ccc(Cl)cc2nc(SCc2noc(-c3ccccc3Cl)n2)n1Cc1ccco1. The normalized spacial score (nSPS) is 11.3. The third-order valence-electron chi connectivity index (χ3n) is 4.68. The van der Waals surface area contributed by atoms with E-state index in [1.165, 1.54) is 11.8 Å². The van der Waals surface area contributed by atoms with Crippen molar-refractivity contribution in [2.24, 2.45) is 0 Å². The van der Waals surface area contributed by atoms with Crippen LogP contribution in [0.15, 0.2) is 79.8 Å². The number of halogens is 2. The van der Waals surface area contributed by atoms with Crippen molar-refractivity contribution in [1.29, 1.82) is 0 Å². The first-order chi connectivity index (χ1) is 15.6. The molecule has 7 nitrogen and oxygen atoms in total. The molecule has 0 amide bonds. The molecule has 0 aliphatic rings. The first-order valence-corrected chi connectivity index (χ1v) is 11.3. The maximum atomic E-state index is 13.2. The molecule has 0 N–H and O–H groups in total. The molecule has 0 aliphatic carbocycles. The summed E-state index contributed by atoms with van der Waals surface area (Å²) in [5, 5.41) is 6.03. The number of hydrogen-bond donors (Lipinski definition) is 0. The highest BCUT2D eigenvalue weighted by atomic mass is 35.5. The van der Waals surface area contributed by atoms with Gasteiger partial charge in [-0.1, -0.05) is 52.3 Å². The number of hydrogen-bond acceptors (Lipinski definition) is 7. The summed E-state index contributed by atoms with van der Waals surface area (Å²) >= 11 is 13.6. The zero-order valence-electron chi connectivity index (χ0n) is 16.4. The van der Waals surface area contributed by atoms with E-state index in [0.717, 1.165) is 0 Å². The average Bonchev–Trinajstić information content (AvgIpc) is 3.47. The van der Waals surface area contributed by atoms with Gasteiger partial charge in [0.1, 0.15) is 5.76 Å². The lowest BCUT2D eigenvalue weighted by Crippen LogP contribution is -2.23. The Bertz CT molecular complexity index is 1460. The Hall–Kier alpha value is -3.07. The van der Waals surface area contributed by atoms with E-state index in [9.17, 15) is 4.79 Å². The maximum Gasteiger partial charge on any atom is 0.262 e. The minimum Gasteiger partial charge on any atom is -0.467 e. The van der Waals surface area contributed by atoms with E-state index in [1.54, 1.807) is 41.2 Å². The number of fused-ring (bicyclic) bond motifs is 1. The summed E-state index contributed by atoms with van der Waals surface area (Å²) in [5.41, 5.74) is 0.993. The fraction of sp³-hybridized carbons (Fsp3) is 0.0909. The summed E-state index contributed by atoms with van der Waals surface area (Å²) in [4.78, 5) is 22.3. The molecule has 160 valence electrons. The zero-order valence-corrected chi connectivity index (χ0v) is 18.7. The van der Waals surface area contributed by atoms with Crippen LogP contribution in [0.5, 0.6) is 0 Å². The Morgan fingerprint density at radius 2 is 1.91 bits per heavy atom. The van der Waals surface area contributed by atoms with E-state index in [-0.39, 0.29) is 12.1 Å². The van der Waals surface area contributed by atoms with E-state index >= 15 is 0 Å². The lowest BCUT2D eigenvalue weighted by atomic mass is 10.2. The van der Waals surface area contributed by atoms with Gasteiger partial charge in [-0.25, -0.2) is 4.98 Å². The highest BCUT2D eigenvalue weighted by Crippen LogP contribution is 2.28. The maximum absolute atomic E-state index is 13.2. The van der Waals surface area contributed by atoms with Crippen molar-refractivity contribution in [3.8, 4) is 11.5 Å². The quantitative estimate of drug-likeness (QED) is 0.226. The third-order valence-corrected chi connectivity index (χ3v) is 6.22. The molecule has 0 saturated carbocycles. The van der Waals surface area contributed by atoms with Crippen LogP contribution in [0.1, 0.15) is 11.6 Å². The van der Waals surface area contributed by atoms with Crippen molar-refractivity contribution < 1.29 is 8.94 Å². The van der Waals surface area contributed by atoms with Gasteiger partial charge in [0.05, 0.1) is 40.0 Å². The van der Waals surface area contributed by atoms with Crippen molar-refractivity contribution in [2.45, 2.75) is 17.5 Å². The van der Waals surface area contributed by atoms with Crippen molar-refractivity contribution in [1.82, 2.24) is 19.7 Å². The van der Waals surface area contributed by atoms with Gasteiger partial charge in [-0.15, -0.1) is 0 Å². The predicted octanol–water partition coefficient (Wildman–Crippen LogP) is 5.69. The van der Waals surface area contributed by atoms with Crippen LogP contribution >= 0.6 is 35.0 Å². The van der Waals surface area contributed by atoms with Crippen LogP contribution in [-0.4, -0.2) is 19.7 Å². The first kappa shape index (κ1) is 20.8. The summed E-state index contributed by atoms with van der Waals surface area (Å²) < 4.78 is 12.4. The Labute approximate surface area is 196 Å². The molecule has 0 aliphatic heterocycles. The van der Waals surface area contributed by atoms with Gasteiger partial charge in [0, 0.05) is 5.02 Å². The minimum absolute atomic E-state index is 0.185. The number of benzene rings is 2. The third kappa shape index (κ3) is 4.17. The minimum atomic E-state index is -0.185. The number of rotatable bonds is 6. The first-order valence-electron chi connectivity index (χ1n) is 9.51. The molecule has 3 heterocycles. The molecule has 3 aromatic heterocycles. The number of aromatic nitrogens is 4. The Kier molecular flexibility index (Phi) is 5.73. The van der Waals surface area contributed by atoms with Crippen molar-refractivity contribution in [2.75, 3.05) is 0 Å². The molecule has 32 heavy (non-hydrogen) atoms. The molecule has 0 atom stereocenters. The highest BCUT2D eigenvalue weighted by Gasteiger charge is 2.16. The molecule has 0 saturated heterocycles. The summed E-state index contributed by atoms with van der Waals surface area (Å²) in [5.74, 6) is 1.77. The average molecular weight is 485 g/mol. The number of thioether (sulfide) groups is 1. The monoisotopic (exact) mass is 484 g/mol. The molecule has 5 aromatic rings. The molecule has 2 aromatic carbocycles. The molecular weight excluding hydrogens is 471 g/mol. The Morgan fingerprint density at radius 1 is 1.03 bits per heavy atom. The summed E-state index contributed by atoms with van der Waals surface area (Å²) in [6, 6.07) is 15.8. The standard InChI is InChI=1S/C22H14Cl2N4O3S/c23-13-7-8-16-18(10-13)25-22(28(21(16)29)11-14-4-3-9-30-14)32-12-19-26-20(31-27-19)15-5-1-2-6-17(15)24/h1-10H,11-12H2. The Balaban J connectivity index is 1.48. The van der Waals surface area contributed by atoms with E-state index in [1.807, 2.05) is 24.3 Å². The molecule has 5 rings (SSSR count). The van der Waals surface area contributed by atoms with E-state index in [4.69, 9.17) is 32.1 Å².